The Balaban J connectivity index is 1.67. The van der Waals surface area contributed by atoms with E-state index in [2.05, 4.69) is 24.3 Å². The summed E-state index contributed by atoms with van der Waals surface area (Å²) >= 11 is 0. The van der Waals surface area contributed by atoms with Crippen LogP contribution in [-0.2, 0) is 0 Å². The van der Waals surface area contributed by atoms with Gasteiger partial charge in [-0.15, -0.1) is 0 Å². The second-order valence-corrected chi connectivity index (χ2v) is 6.33. The Kier molecular flexibility index (Phi) is 4.87. The number of hydrogen-bond acceptors (Lipinski definition) is 0. The van der Waals surface area contributed by atoms with Crippen LogP contribution in [-0.4, -0.2) is 6.67 Å². The van der Waals surface area contributed by atoms with Gasteiger partial charge in [-0.05, 0) is 72.8 Å². The maximum absolute atomic E-state index is 13.3. The molecule has 0 nitrogen and oxygen atoms in total. The van der Waals surface area contributed by atoms with E-state index in [0.717, 1.165) is 43.2 Å². The molecular weight excluding hydrogens is 278 g/mol. The second kappa shape index (κ2) is 7.04. The molecule has 1 aliphatic carbocycles. The van der Waals surface area contributed by atoms with Gasteiger partial charge in [-0.25, -0.2) is 4.39 Å². The lowest BCUT2D eigenvalue weighted by Gasteiger charge is -2.28. The van der Waals surface area contributed by atoms with Gasteiger partial charge in [0.25, 0.3) is 0 Å². The van der Waals surface area contributed by atoms with Gasteiger partial charge in [-0.1, -0.05) is 36.4 Å². The first-order chi connectivity index (χ1) is 10.8. The van der Waals surface area contributed by atoms with Crippen molar-refractivity contribution >= 4 is 0 Å². The Labute approximate surface area is 131 Å². The quantitative estimate of drug-likeness (QED) is 0.637. The predicted octanol–water partition coefficient (Wildman–Crippen LogP) is 6.13. The van der Waals surface area contributed by atoms with Gasteiger partial charge in [0.1, 0.15) is 5.82 Å². The molecule has 1 aliphatic rings. The minimum absolute atomic E-state index is 0.183. The lowest BCUT2D eigenvalue weighted by molar-refractivity contribution is 0.283. The molecule has 2 aromatic rings. The zero-order valence-electron chi connectivity index (χ0n) is 12.8. The molecule has 0 aromatic heterocycles. The first-order valence-electron chi connectivity index (χ1n) is 8.18. The zero-order chi connectivity index (χ0) is 15.4. The molecular formula is C20H22F2. The van der Waals surface area contributed by atoms with Crippen molar-refractivity contribution in [2.75, 3.05) is 6.67 Å². The Bertz CT molecular complexity index is 595. The highest BCUT2D eigenvalue weighted by Crippen LogP contribution is 2.37. The predicted molar refractivity (Wildman–Crippen MR) is 87.1 cm³/mol. The molecule has 2 aromatic carbocycles. The molecule has 0 spiro atoms. The van der Waals surface area contributed by atoms with Gasteiger partial charge in [0.2, 0.25) is 0 Å². The van der Waals surface area contributed by atoms with E-state index >= 15 is 0 Å². The molecule has 0 saturated heterocycles. The van der Waals surface area contributed by atoms with Crippen LogP contribution in [0.5, 0.6) is 0 Å². The fourth-order valence-corrected chi connectivity index (χ4v) is 3.55. The number of rotatable bonds is 4. The molecule has 22 heavy (non-hydrogen) atoms. The Morgan fingerprint density at radius 2 is 1.59 bits per heavy atom. The molecule has 0 bridgehead atoms. The first-order valence-corrected chi connectivity index (χ1v) is 8.18. The van der Waals surface area contributed by atoms with Crippen molar-refractivity contribution in [3.63, 3.8) is 0 Å². The zero-order valence-corrected chi connectivity index (χ0v) is 12.8. The highest BCUT2D eigenvalue weighted by Gasteiger charge is 2.22. The lowest BCUT2D eigenvalue weighted by atomic mass is 9.77. The Morgan fingerprint density at radius 1 is 0.864 bits per heavy atom. The second-order valence-electron chi connectivity index (χ2n) is 6.33. The summed E-state index contributed by atoms with van der Waals surface area (Å²) < 4.78 is 25.7. The van der Waals surface area contributed by atoms with Crippen LogP contribution in [0.25, 0.3) is 11.1 Å². The van der Waals surface area contributed by atoms with Gasteiger partial charge in [0.15, 0.2) is 0 Å². The van der Waals surface area contributed by atoms with Crippen LogP contribution >= 0.6 is 0 Å². The summed E-state index contributed by atoms with van der Waals surface area (Å²) in [6.07, 6.45) is 5.32. The summed E-state index contributed by atoms with van der Waals surface area (Å²) in [5.74, 6) is 0.970. The average Bonchev–Trinajstić information content (AvgIpc) is 2.56. The summed E-state index contributed by atoms with van der Waals surface area (Å²) in [7, 11) is 0. The Morgan fingerprint density at radius 3 is 2.23 bits per heavy atom. The maximum Gasteiger partial charge on any atom is 0.123 e. The smallest absolute Gasteiger partial charge is 0.123 e. The van der Waals surface area contributed by atoms with E-state index < -0.39 is 0 Å². The van der Waals surface area contributed by atoms with Crippen LogP contribution in [0.4, 0.5) is 8.78 Å². The molecule has 0 atom stereocenters. The van der Waals surface area contributed by atoms with E-state index in [0.29, 0.717) is 11.8 Å². The fraction of sp³-hybridized carbons (Fsp3) is 0.400. The Hall–Kier alpha value is -1.70. The van der Waals surface area contributed by atoms with Crippen molar-refractivity contribution < 1.29 is 8.78 Å². The van der Waals surface area contributed by atoms with Crippen molar-refractivity contribution in [2.24, 2.45) is 5.92 Å². The van der Waals surface area contributed by atoms with Crippen LogP contribution in [0.1, 0.15) is 43.6 Å². The average molecular weight is 300 g/mol. The summed E-state index contributed by atoms with van der Waals surface area (Å²) in [4.78, 5) is 0. The van der Waals surface area contributed by atoms with E-state index in [1.54, 1.807) is 12.1 Å². The molecule has 0 amide bonds. The van der Waals surface area contributed by atoms with Crippen molar-refractivity contribution in [1.82, 2.24) is 0 Å². The minimum atomic E-state index is -0.201. The highest BCUT2D eigenvalue weighted by atomic mass is 19.1. The molecule has 0 aliphatic heterocycles. The van der Waals surface area contributed by atoms with Crippen molar-refractivity contribution in [3.8, 4) is 11.1 Å². The van der Waals surface area contributed by atoms with E-state index in [9.17, 15) is 8.78 Å². The topological polar surface area (TPSA) is 0 Å². The standard InChI is InChI=1S/C20H22F2/c21-13-12-15-4-6-16(7-5-15)17-8-10-18(11-9-17)19-2-1-3-20(22)14-19/h1-3,8-11,14-16H,4-7,12-13H2. The first kappa shape index (κ1) is 15.2. The highest BCUT2D eigenvalue weighted by molar-refractivity contribution is 5.63. The van der Waals surface area contributed by atoms with E-state index in [1.807, 2.05) is 6.07 Å². The monoisotopic (exact) mass is 300 g/mol. The molecule has 1 fully saturated rings. The lowest BCUT2D eigenvalue weighted by Crippen LogP contribution is -2.13. The number of halogens is 2. The number of hydrogen-bond donors (Lipinski definition) is 0. The van der Waals surface area contributed by atoms with Gasteiger partial charge < -0.3 is 0 Å². The SMILES string of the molecule is FCCC1CCC(c2ccc(-c3cccc(F)c3)cc2)CC1. The summed E-state index contributed by atoms with van der Waals surface area (Å²) in [6, 6.07) is 15.2. The third-order valence-corrected chi connectivity index (χ3v) is 4.90. The number of benzene rings is 2. The summed E-state index contributed by atoms with van der Waals surface area (Å²) in [5, 5.41) is 0. The van der Waals surface area contributed by atoms with Crippen molar-refractivity contribution in [3.05, 3.63) is 59.9 Å². The molecule has 0 heterocycles. The van der Waals surface area contributed by atoms with E-state index in [1.165, 1.54) is 11.6 Å². The maximum atomic E-state index is 13.3. The molecule has 0 N–H and O–H groups in total. The third-order valence-electron chi connectivity index (χ3n) is 4.90. The normalized spacial score (nSPS) is 21.7. The summed E-state index contributed by atoms with van der Waals surface area (Å²) in [6.45, 7) is -0.183. The molecule has 3 rings (SSSR count). The molecule has 0 unspecified atom stereocenters. The van der Waals surface area contributed by atoms with Crippen LogP contribution in [0.2, 0.25) is 0 Å². The third kappa shape index (κ3) is 3.55. The van der Waals surface area contributed by atoms with E-state index in [-0.39, 0.29) is 12.5 Å². The van der Waals surface area contributed by atoms with Crippen LogP contribution in [0.15, 0.2) is 48.5 Å². The van der Waals surface area contributed by atoms with Gasteiger partial charge in [-0.2, -0.15) is 0 Å². The molecule has 2 heteroatoms. The van der Waals surface area contributed by atoms with Gasteiger partial charge in [0.05, 0.1) is 6.67 Å². The van der Waals surface area contributed by atoms with Gasteiger partial charge >= 0.3 is 0 Å². The van der Waals surface area contributed by atoms with Gasteiger partial charge in [0, 0.05) is 0 Å². The summed E-state index contributed by atoms with van der Waals surface area (Å²) in [5.41, 5.74) is 3.33. The van der Waals surface area contributed by atoms with Crippen LogP contribution < -0.4 is 0 Å². The van der Waals surface area contributed by atoms with Crippen molar-refractivity contribution in [2.45, 2.75) is 38.0 Å². The van der Waals surface area contributed by atoms with E-state index in [4.69, 9.17) is 0 Å². The van der Waals surface area contributed by atoms with Crippen LogP contribution in [0.3, 0.4) is 0 Å². The van der Waals surface area contributed by atoms with Crippen molar-refractivity contribution in [1.29, 1.82) is 0 Å². The number of alkyl halides is 1. The fourth-order valence-electron chi connectivity index (χ4n) is 3.55. The molecule has 0 radical (unpaired) electrons. The largest absolute Gasteiger partial charge is 0.251 e. The molecule has 116 valence electrons. The van der Waals surface area contributed by atoms with Crippen LogP contribution in [0, 0.1) is 11.7 Å². The minimum Gasteiger partial charge on any atom is -0.251 e. The molecule has 1 saturated carbocycles. The van der Waals surface area contributed by atoms with Gasteiger partial charge in [-0.3, -0.25) is 4.39 Å².